The Balaban J connectivity index is 3.16. The average molecular weight is 372 g/mol. The van der Waals surface area contributed by atoms with Crippen LogP contribution in [0, 0.1) is 20.7 Å². The van der Waals surface area contributed by atoms with E-state index < -0.39 is 29.9 Å². The molecule has 0 fully saturated rings. The van der Waals surface area contributed by atoms with Gasteiger partial charge >= 0.3 is 6.18 Å². The molecule has 0 saturated carbocycles. The van der Waals surface area contributed by atoms with Crippen molar-refractivity contribution in [1.82, 2.24) is 0 Å². The first kappa shape index (κ1) is 14.7. The third-order valence-corrected chi connectivity index (χ3v) is 2.97. The van der Waals surface area contributed by atoms with Gasteiger partial charge in [0.15, 0.2) is 0 Å². The minimum atomic E-state index is -4.71. The fourth-order valence-corrected chi connectivity index (χ4v) is 1.56. The van der Waals surface area contributed by atoms with E-state index in [1.54, 1.807) is 0 Å². The summed E-state index contributed by atoms with van der Waals surface area (Å²) >= 11 is 1.47. The lowest BCUT2D eigenvalue weighted by atomic mass is 10.2. The van der Waals surface area contributed by atoms with Crippen LogP contribution in [0.1, 0.15) is 12.0 Å². The Morgan fingerprint density at radius 1 is 1.44 bits per heavy atom. The minimum absolute atomic E-state index is 0.146. The molecule has 18 heavy (non-hydrogen) atoms. The lowest BCUT2D eigenvalue weighted by Gasteiger charge is -2.12. The van der Waals surface area contributed by atoms with Crippen molar-refractivity contribution in [1.29, 1.82) is 5.26 Å². The summed E-state index contributed by atoms with van der Waals surface area (Å²) in [6.07, 6.45) is -5.23. The number of anilines is 1. The van der Waals surface area contributed by atoms with Gasteiger partial charge in [0.1, 0.15) is 12.2 Å². The summed E-state index contributed by atoms with van der Waals surface area (Å²) in [5.74, 6) is -1.88. The fraction of sp³-hybridized carbons (Fsp3) is 0.200. The van der Waals surface area contributed by atoms with Crippen molar-refractivity contribution in [3.05, 3.63) is 27.1 Å². The Morgan fingerprint density at radius 3 is 2.56 bits per heavy atom. The van der Waals surface area contributed by atoms with Crippen LogP contribution in [-0.4, -0.2) is 5.91 Å². The highest BCUT2D eigenvalue weighted by molar-refractivity contribution is 14.1. The summed E-state index contributed by atoms with van der Waals surface area (Å²) in [6, 6.07) is 2.51. The van der Waals surface area contributed by atoms with E-state index in [0.717, 1.165) is 0 Å². The summed E-state index contributed by atoms with van der Waals surface area (Å²) in [4.78, 5) is 11.1. The number of nitrogens with zero attached hydrogens (tertiary/aromatic N) is 1. The fourth-order valence-electron chi connectivity index (χ4n) is 1.11. The number of hydrogen-bond donors (Lipinski definition) is 1. The predicted octanol–water partition coefficient (Wildman–Crippen LogP) is 3.30. The van der Waals surface area contributed by atoms with Crippen molar-refractivity contribution in [2.45, 2.75) is 12.6 Å². The van der Waals surface area contributed by atoms with Gasteiger partial charge in [0.05, 0.1) is 20.9 Å². The Labute approximate surface area is 113 Å². The lowest BCUT2D eigenvalue weighted by molar-refractivity contribution is -0.137. The zero-order valence-corrected chi connectivity index (χ0v) is 10.8. The van der Waals surface area contributed by atoms with E-state index in [1.807, 2.05) is 0 Å². The third kappa shape index (κ3) is 3.56. The topological polar surface area (TPSA) is 52.9 Å². The van der Waals surface area contributed by atoms with Crippen molar-refractivity contribution >= 4 is 34.2 Å². The molecule has 0 heterocycles. The summed E-state index contributed by atoms with van der Waals surface area (Å²) in [7, 11) is 0. The molecule has 0 aliphatic carbocycles. The number of benzene rings is 1. The van der Waals surface area contributed by atoms with Gasteiger partial charge in [0.25, 0.3) is 0 Å². The zero-order chi connectivity index (χ0) is 13.9. The van der Waals surface area contributed by atoms with E-state index in [-0.39, 0.29) is 9.26 Å². The predicted molar refractivity (Wildman–Crippen MR) is 63.0 cm³/mol. The van der Waals surface area contributed by atoms with Gasteiger partial charge in [-0.1, -0.05) is 0 Å². The molecule has 3 nitrogen and oxygen atoms in total. The molecule has 0 atom stereocenters. The molecule has 0 saturated heterocycles. The monoisotopic (exact) mass is 372 g/mol. The standard InChI is InChI=1S/C10H5F4IN2O/c11-6-3-5(10(12,13)14)4-7(9(6)15)17-8(18)1-2-16/h3-4H,1H2,(H,17,18). The molecule has 0 aliphatic rings. The first-order chi connectivity index (χ1) is 8.25. The number of halogens is 5. The van der Waals surface area contributed by atoms with Crippen LogP contribution < -0.4 is 5.32 Å². The van der Waals surface area contributed by atoms with Crippen molar-refractivity contribution in [3.8, 4) is 6.07 Å². The van der Waals surface area contributed by atoms with E-state index in [0.29, 0.717) is 12.1 Å². The first-order valence-corrected chi connectivity index (χ1v) is 5.56. The van der Waals surface area contributed by atoms with E-state index in [4.69, 9.17) is 5.26 Å². The van der Waals surface area contributed by atoms with Gasteiger partial charge in [-0.05, 0) is 34.7 Å². The zero-order valence-electron chi connectivity index (χ0n) is 8.61. The Morgan fingerprint density at radius 2 is 2.06 bits per heavy atom. The maximum absolute atomic E-state index is 13.3. The number of nitrogens with one attached hydrogen (secondary N) is 1. The second kappa shape index (κ2) is 5.51. The van der Waals surface area contributed by atoms with Crippen molar-refractivity contribution < 1.29 is 22.4 Å². The summed E-state index contributed by atoms with van der Waals surface area (Å²) in [6.45, 7) is 0. The van der Waals surface area contributed by atoms with Crippen LogP contribution >= 0.6 is 22.6 Å². The molecular formula is C10H5F4IN2O. The molecule has 0 bridgehead atoms. The van der Waals surface area contributed by atoms with Crippen LogP contribution in [0.2, 0.25) is 0 Å². The Bertz CT molecular complexity index is 522. The highest BCUT2D eigenvalue weighted by Crippen LogP contribution is 2.34. The molecule has 0 aliphatic heterocycles. The van der Waals surface area contributed by atoms with Gasteiger partial charge < -0.3 is 5.32 Å². The van der Waals surface area contributed by atoms with Crippen LogP contribution in [-0.2, 0) is 11.0 Å². The number of carbonyl (C=O) groups is 1. The van der Waals surface area contributed by atoms with E-state index in [1.165, 1.54) is 28.7 Å². The number of alkyl halides is 3. The van der Waals surface area contributed by atoms with E-state index in [2.05, 4.69) is 5.32 Å². The maximum Gasteiger partial charge on any atom is 0.416 e. The third-order valence-electron chi connectivity index (χ3n) is 1.87. The van der Waals surface area contributed by atoms with Crippen molar-refractivity contribution in [2.24, 2.45) is 0 Å². The number of nitriles is 1. The van der Waals surface area contributed by atoms with E-state index >= 15 is 0 Å². The largest absolute Gasteiger partial charge is 0.416 e. The molecule has 1 amide bonds. The molecule has 1 rings (SSSR count). The molecule has 0 spiro atoms. The molecule has 96 valence electrons. The number of hydrogen-bond acceptors (Lipinski definition) is 2. The molecular weight excluding hydrogens is 367 g/mol. The van der Waals surface area contributed by atoms with Gasteiger partial charge in [-0.3, -0.25) is 4.79 Å². The molecule has 0 radical (unpaired) electrons. The molecule has 8 heteroatoms. The van der Waals surface area contributed by atoms with Gasteiger partial charge in [-0.2, -0.15) is 18.4 Å². The summed E-state index contributed by atoms with van der Waals surface area (Å²) < 4.78 is 50.4. The van der Waals surface area contributed by atoms with E-state index in [9.17, 15) is 22.4 Å². The van der Waals surface area contributed by atoms with Crippen molar-refractivity contribution in [2.75, 3.05) is 5.32 Å². The van der Waals surface area contributed by atoms with Gasteiger partial charge in [0, 0.05) is 0 Å². The molecule has 0 unspecified atom stereocenters. The smallest absolute Gasteiger partial charge is 0.324 e. The highest BCUT2D eigenvalue weighted by Gasteiger charge is 2.32. The Hall–Kier alpha value is -1.37. The second-order valence-electron chi connectivity index (χ2n) is 3.20. The summed E-state index contributed by atoms with van der Waals surface area (Å²) in [5.41, 5.74) is -1.50. The van der Waals surface area contributed by atoms with Crippen LogP contribution in [0.5, 0.6) is 0 Å². The highest BCUT2D eigenvalue weighted by atomic mass is 127. The number of amides is 1. The normalized spacial score (nSPS) is 10.9. The molecule has 1 N–H and O–H groups in total. The number of carbonyl (C=O) groups excluding carboxylic acids is 1. The van der Waals surface area contributed by atoms with Gasteiger partial charge in [-0.15, -0.1) is 0 Å². The minimum Gasteiger partial charge on any atom is -0.324 e. The Kier molecular flexibility index (Phi) is 4.50. The molecule has 1 aromatic carbocycles. The van der Waals surface area contributed by atoms with Crippen LogP contribution in [0.25, 0.3) is 0 Å². The SMILES string of the molecule is N#CCC(=O)Nc1cc(C(F)(F)F)cc(F)c1I. The quantitative estimate of drug-likeness (QED) is 0.640. The molecule has 0 aromatic heterocycles. The maximum atomic E-state index is 13.3. The molecule has 1 aromatic rings. The average Bonchev–Trinajstić information content (AvgIpc) is 2.23. The number of rotatable bonds is 2. The second-order valence-corrected chi connectivity index (χ2v) is 4.28. The van der Waals surface area contributed by atoms with Gasteiger partial charge in [0.2, 0.25) is 5.91 Å². The van der Waals surface area contributed by atoms with Crippen LogP contribution in [0.4, 0.5) is 23.2 Å². The lowest BCUT2D eigenvalue weighted by Crippen LogP contribution is -2.14. The van der Waals surface area contributed by atoms with Crippen LogP contribution in [0.3, 0.4) is 0 Å². The van der Waals surface area contributed by atoms with Gasteiger partial charge in [-0.25, -0.2) is 4.39 Å². The van der Waals surface area contributed by atoms with Crippen molar-refractivity contribution in [3.63, 3.8) is 0 Å². The van der Waals surface area contributed by atoms with Crippen LogP contribution in [0.15, 0.2) is 12.1 Å². The summed E-state index contributed by atoms with van der Waals surface area (Å²) in [5, 5.41) is 10.3. The first-order valence-electron chi connectivity index (χ1n) is 4.48.